The van der Waals surface area contributed by atoms with Crippen LogP contribution in [0, 0.1) is 0 Å². The highest BCUT2D eigenvalue weighted by atomic mass is 15.0. The van der Waals surface area contributed by atoms with Gasteiger partial charge in [0.1, 0.15) is 0 Å². The lowest BCUT2D eigenvalue weighted by Crippen LogP contribution is -2.28. The highest BCUT2D eigenvalue weighted by molar-refractivity contribution is 6.11. The van der Waals surface area contributed by atoms with E-state index in [0.29, 0.717) is 0 Å². The third-order valence-corrected chi connectivity index (χ3v) is 15.9. The van der Waals surface area contributed by atoms with Gasteiger partial charge in [0.2, 0.25) is 0 Å². The van der Waals surface area contributed by atoms with Crippen LogP contribution in [-0.4, -0.2) is 9.13 Å². The zero-order valence-corrected chi connectivity index (χ0v) is 41.1. The molecule has 0 bridgehead atoms. The summed E-state index contributed by atoms with van der Waals surface area (Å²) in [6, 6.07) is 98.5. The Morgan fingerprint density at radius 1 is 0.253 bits per heavy atom. The van der Waals surface area contributed by atoms with Gasteiger partial charge in [-0.15, -0.1) is 0 Å². The molecule has 0 saturated carbocycles. The number of benzene rings is 12. The molecule has 0 unspecified atom stereocenters. The number of aromatic nitrogens is 2. The SMILES string of the molecule is C(=Cc1ccc2c(c1)c1ccccc1n2-c1ccc2ccccc2c1)c1ccc2c(c1)C(c1ccccc1)(c1ccccc1)c1cc(C=Cc3ccc4c(c3)c3ccccc3n4-c3ccc4ccccc4c3)ccc1-2. The van der Waals surface area contributed by atoms with Crippen LogP contribution in [0.2, 0.25) is 0 Å². The molecule has 1 aliphatic carbocycles. The smallest absolute Gasteiger partial charge is 0.0713 e. The van der Waals surface area contributed by atoms with Gasteiger partial charge in [0, 0.05) is 32.9 Å². The minimum atomic E-state index is -0.548. The van der Waals surface area contributed by atoms with Crippen molar-refractivity contribution in [1.29, 1.82) is 0 Å². The lowest BCUT2D eigenvalue weighted by molar-refractivity contribution is 0.768. The van der Waals surface area contributed by atoms with E-state index in [-0.39, 0.29) is 0 Å². The zero-order chi connectivity index (χ0) is 49.5. The molecule has 0 saturated heterocycles. The molecule has 0 atom stereocenters. The van der Waals surface area contributed by atoms with Gasteiger partial charge in [-0.05, 0) is 150 Å². The molecule has 14 aromatic rings. The molecule has 12 aromatic carbocycles. The van der Waals surface area contributed by atoms with E-state index < -0.39 is 5.41 Å². The topological polar surface area (TPSA) is 9.86 Å². The summed E-state index contributed by atoms with van der Waals surface area (Å²) in [4.78, 5) is 0. The summed E-state index contributed by atoms with van der Waals surface area (Å²) in [6.45, 7) is 0. The van der Waals surface area contributed by atoms with Crippen molar-refractivity contribution in [3.05, 3.63) is 311 Å². The van der Waals surface area contributed by atoms with Crippen LogP contribution >= 0.6 is 0 Å². The van der Waals surface area contributed by atoms with E-state index in [0.717, 1.165) is 22.3 Å². The van der Waals surface area contributed by atoms with Gasteiger partial charge < -0.3 is 9.13 Å². The second kappa shape index (κ2) is 17.2. The maximum absolute atomic E-state index is 2.44. The molecule has 0 fully saturated rings. The molecular weight excluding hydrogens is 905 g/mol. The number of fused-ring (bicyclic) bond motifs is 11. The molecule has 2 aromatic heterocycles. The Kier molecular flexibility index (Phi) is 9.83. The Morgan fingerprint density at radius 2 is 0.613 bits per heavy atom. The van der Waals surface area contributed by atoms with Crippen molar-refractivity contribution in [3.63, 3.8) is 0 Å². The maximum Gasteiger partial charge on any atom is 0.0713 e. The predicted molar refractivity (Wildman–Crippen MR) is 318 cm³/mol. The number of hydrogen-bond acceptors (Lipinski definition) is 0. The standard InChI is InChI=1S/C73H48N2/c1-3-19-57(20-4-1)73(58-21-5-2-6-22-58)67-45-51(29-27-49-33-41-71-65(43-49)63-23-11-13-25-69(63)74(71)59-37-35-53-15-7-9-17-55(53)47-59)31-39-61(67)62-40-32-52(46-68(62)73)30-28-50-34-42-72-66(44-50)64-24-12-14-26-70(64)75(72)60-38-36-54-16-8-10-18-56(54)48-60/h1-48H. The van der Waals surface area contributed by atoms with Crippen LogP contribution in [0.3, 0.4) is 0 Å². The second-order valence-electron chi connectivity index (χ2n) is 20.1. The lowest BCUT2D eigenvalue weighted by atomic mass is 9.67. The van der Waals surface area contributed by atoms with Crippen molar-refractivity contribution in [2.75, 3.05) is 0 Å². The minimum absolute atomic E-state index is 0.548. The van der Waals surface area contributed by atoms with E-state index in [2.05, 4.69) is 300 Å². The van der Waals surface area contributed by atoms with Crippen molar-refractivity contribution in [3.8, 4) is 22.5 Å². The molecule has 0 N–H and O–H groups in total. The van der Waals surface area contributed by atoms with E-state index in [1.807, 2.05) is 0 Å². The molecule has 2 heteroatoms. The zero-order valence-electron chi connectivity index (χ0n) is 41.1. The largest absolute Gasteiger partial charge is 0.309 e. The van der Waals surface area contributed by atoms with Crippen molar-refractivity contribution in [1.82, 2.24) is 9.13 Å². The number of para-hydroxylation sites is 2. The van der Waals surface area contributed by atoms with Gasteiger partial charge in [-0.25, -0.2) is 0 Å². The van der Waals surface area contributed by atoms with Gasteiger partial charge in [0.15, 0.2) is 0 Å². The normalized spacial score (nSPS) is 13.1. The third-order valence-electron chi connectivity index (χ3n) is 15.9. The van der Waals surface area contributed by atoms with Gasteiger partial charge in [0.05, 0.1) is 27.5 Å². The van der Waals surface area contributed by atoms with E-state index >= 15 is 0 Å². The summed E-state index contributed by atoms with van der Waals surface area (Å²) in [7, 11) is 0. The summed E-state index contributed by atoms with van der Waals surface area (Å²) in [6.07, 6.45) is 9.13. The minimum Gasteiger partial charge on any atom is -0.309 e. The Morgan fingerprint density at radius 3 is 1.07 bits per heavy atom. The third kappa shape index (κ3) is 6.88. The average molecular weight is 953 g/mol. The first kappa shape index (κ1) is 42.9. The number of hydrogen-bond donors (Lipinski definition) is 0. The quantitative estimate of drug-likeness (QED) is 0.134. The molecule has 2 nitrogen and oxygen atoms in total. The van der Waals surface area contributed by atoms with Crippen LogP contribution in [0.4, 0.5) is 0 Å². The van der Waals surface area contributed by atoms with E-state index in [1.54, 1.807) is 0 Å². The summed E-state index contributed by atoms with van der Waals surface area (Å²) >= 11 is 0. The number of nitrogens with zero attached hydrogens (tertiary/aromatic N) is 2. The molecule has 15 rings (SSSR count). The van der Waals surface area contributed by atoms with Gasteiger partial charge in [-0.3, -0.25) is 0 Å². The fourth-order valence-electron chi connectivity index (χ4n) is 12.5. The molecule has 350 valence electrons. The Hall–Kier alpha value is -9.76. The first-order valence-electron chi connectivity index (χ1n) is 26.0. The molecule has 0 amide bonds. The first-order chi connectivity index (χ1) is 37.2. The molecule has 0 aliphatic heterocycles. The van der Waals surface area contributed by atoms with Gasteiger partial charge in [0.25, 0.3) is 0 Å². The van der Waals surface area contributed by atoms with Crippen LogP contribution < -0.4 is 0 Å². The molecular formula is C73H48N2. The van der Waals surface area contributed by atoms with Crippen molar-refractivity contribution >= 4 is 89.5 Å². The Labute approximate surface area is 435 Å². The van der Waals surface area contributed by atoms with Crippen LogP contribution in [0.25, 0.3) is 112 Å². The van der Waals surface area contributed by atoms with Crippen LogP contribution in [0.15, 0.2) is 267 Å². The van der Waals surface area contributed by atoms with Crippen LogP contribution in [0.1, 0.15) is 44.5 Å². The predicted octanol–water partition coefficient (Wildman–Crippen LogP) is 18.9. The van der Waals surface area contributed by atoms with E-state index in [9.17, 15) is 0 Å². The van der Waals surface area contributed by atoms with Crippen molar-refractivity contribution in [2.24, 2.45) is 0 Å². The van der Waals surface area contributed by atoms with Gasteiger partial charge in [-0.2, -0.15) is 0 Å². The lowest BCUT2D eigenvalue weighted by Gasteiger charge is -2.34. The molecule has 0 radical (unpaired) electrons. The highest BCUT2D eigenvalue weighted by Crippen LogP contribution is 2.56. The second-order valence-corrected chi connectivity index (χ2v) is 20.1. The molecule has 2 heterocycles. The van der Waals surface area contributed by atoms with Gasteiger partial charge >= 0.3 is 0 Å². The van der Waals surface area contributed by atoms with Crippen molar-refractivity contribution < 1.29 is 0 Å². The Bertz CT molecular complexity index is 4340. The van der Waals surface area contributed by atoms with Gasteiger partial charge in [-0.1, -0.05) is 218 Å². The number of rotatable bonds is 8. The summed E-state index contributed by atoms with van der Waals surface area (Å²) < 4.78 is 4.81. The van der Waals surface area contributed by atoms with E-state index in [1.165, 1.54) is 110 Å². The molecule has 0 spiro atoms. The fourth-order valence-corrected chi connectivity index (χ4v) is 12.5. The summed E-state index contributed by atoms with van der Waals surface area (Å²) in [5.74, 6) is 0. The van der Waals surface area contributed by atoms with Crippen molar-refractivity contribution in [2.45, 2.75) is 5.41 Å². The van der Waals surface area contributed by atoms with Crippen LogP contribution in [-0.2, 0) is 5.41 Å². The Balaban J connectivity index is 0.814. The summed E-state index contributed by atoms with van der Waals surface area (Å²) in [5.41, 5.74) is 18.9. The molecule has 75 heavy (non-hydrogen) atoms. The summed E-state index contributed by atoms with van der Waals surface area (Å²) in [5, 5.41) is 9.95. The molecule has 1 aliphatic rings. The van der Waals surface area contributed by atoms with E-state index in [4.69, 9.17) is 0 Å². The fraction of sp³-hybridized carbons (Fsp3) is 0.0137. The highest BCUT2D eigenvalue weighted by Gasteiger charge is 2.46. The van der Waals surface area contributed by atoms with Crippen LogP contribution in [0.5, 0.6) is 0 Å². The monoisotopic (exact) mass is 952 g/mol. The average Bonchev–Trinajstić information content (AvgIpc) is 4.21. The maximum atomic E-state index is 2.44. The first-order valence-corrected chi connectivity index (χ1v) is 26.0.